The van der Waals surface area contributed by atoms with Gasteiger partial charge in [-0.1, -0.05) is 34.1 Å². The molecule has 2 aromatic carbocycles. The van der Waals surface area contributed by atoms with E-state index in [1.807, 2.05) is 68.3 Å². The van der Waals surface area contributed by atoms with Crippen molar-refractivity contribution in [3.63, 3.8) is 0 Å². The summed E-state index contributed by atoms with van der Waals surface area (Å²) >= 11 is 3.42. The highest BCUT2D eigenvalue weighted by Gasteiger charge is 2.09. The van der Waals surface area contributed by atoms with Crippen molar-refractivity contribution in [3.8, 4) is 5.75 Å². The molecule has 2 aromatic rings. The fourth-order valence-electron chi connectivity index (χ4n) is 2.31. The van der Waals surface area contributed by atoms with Crippen LogP contribution in [0.1, 0.15) is 11.1 Å². The highest BCUT2D eigenvalue weighted by Crippen LogP contribution is 2.20. The quantitative estimate of drug-likeness (QED) is 0.776. The number of nitrogens with zero attached hydrogens (tertiary/aromatic N) is 1. The summed E-state index contributed by atoms with van der Waals surface area (Å²) in [5.74, 6) is 0.861. The number of hydrogen-bond donors (Lipinski definition) is 1. The summed E-state index contributed by atoms with van der Waals surface area (Å²) in [5.41, 5.74) is 2.99. The van der Waals surface area contributed by atoms with Crippen molar-refractivity contribution in [2.75, 3.05) is 32.1 Å². The lowest BCUT2D eigenvalue weighted by Crippen LogP contribution is -2.33. The largest absolute Gasteiger partial charge is 0.492 e. The number of hydrogen-bond acceptors (Lipinski definition) is 3. The Balaban J connectivity index is 1.76. The first-order chi connectivity index (χ1) is 11.5. The van der Waals surface area contributed by atoms with Crippen molar-refractivity contribution in [1.82, 2.24) is 4.90 Å². The number of halogens is 1. The van der Waals surface area contributed by atoms with Gasteiger partial charge in [0, 0.05) is 16.7 Å². The van der Waals surface area contributed by atoms with Gasteiger partial charge in [-0.3, -0.25) is 9.69 Å². The Morgan fingerprint density at radius 1 is 1.17 bits per heavy atom. The van der Waals surface area contributed by atoms with E-state index >= 15 is 0 Å². The third kappa shape index (κ3) is 5.65. The number of amides is 1. The maximum Gasteiger partial charge on any atom is 0.238 e. The van der Waals surface area contributed by atoms with Crippen LogP contribution in [0.3, 0.4) is 0 Å². The molecule has 0 saturated heterocycles. The number of benzene rings is 2. The number of carbonyl (C=O) groups is 1. The average molecular weight is 391 g/mol. The number of ether oxygens (including phenoxy) is 1. The first-order valence-corrected chi connectivity index (χ1v) is 8.68. The molecule has 0 radical (unpaired) electrons. The molecule has 0 aromatic heterocycles. The number of carbonyl (C=O) groups excluding carboxylic acids is 1. The Kier molecular flexibility index (Phi) is 6.82. The first kappa shape index (κ1) is 18.5. The van der Waals surface area contributed by atoms with Crippen molar-refractivity contribution < 1.29 is 9.53 Å². The minimum absolute atomic E-state index is 0.0289. The Hall–Kier alpha value is -1.85. The van der Waals surface area contributed by atoms with Crippen LogP contribution in [0.5, 0.6) is 5.75 Å². The van der Waals surface area contributed by atoms with Gasteiger partial charge in [-0.15, -0.1) is 0 Å². The summed E-state index contributed by atoms with van der Waals surface area (Å²) in [7, 11) is 1.91. The third-order valence-electron chi connectivity index (χ3n) is 3.70. The fourth-order valence-corrected chi connectivity index (χ4v) is 2.79. The molecule has 0 heterocycles. The van der Waals surface area contributed by atoms with E-state index in [1.54, 1.807) is 0 Å². The van der Waals surface area contributed by atoms with Gasteiger partial charge in [-0.05, 0) is 56.3 Å². The number of rotatable bonds is 7. The van der Waals surface area contributed by atoms with Crippen LogP contribution in [0.15, 0.2) is 46.9 Å². The van der Waals surface area contributed by atoms with Gasteiger partial charge in [0.15, 0.2) is 0 Å². The molecule has 4 nitrogen and oxygen atoms in total. The zero-order valence-electron chi connectivity index (χ0n) is 14.3. The molecule has 0 spiro atoms. The molecule has 0 unspecified atom stereocenters. The predicted molar refractivity (Wildman–Crippen MR) is 102 cm³/mol. The highest BCUT2D eigenvalue weighted by atomic mass is 79.9. The van der Waals surface area contributed by atoms with Crippen LogP contribution < -0.4 is 10.1 Å². The van der Waals surface area contributed by atoms with E-state index in [0.717, 1.165) is 27.0 Å². The summed E-state index contributed by atoms with van der Waals surface area (Å²) in [5, 5.41) is 2.94. The SMILES string of the molecule is Cc1cc(Br)ccc1NC(=O)CN(C)CCOc1ccccc1C. The van der Waals surface area contributed by atoms with Crippen LogP contribution in [-0.2, 0) is 4.79 Å². The van der Waals surface area contributed by atoms with E-state index in [2.05, 4.69) is 21.2 Å². The zero-order chi connectivity index (χ0) is 17.5. The molecular formula is C19H23BrN2O2. The van der Waals surface area contributed by atoms with Crippen LogP contribution in [0.4, 0.5) is 5.69 Å². The smallest absolute Gasteiger partial charge is 0.238 e. The van der Waals surface area contributed by atoms with Gasteiger partial charge >= 0.3 is 0 Å². The van der Waals surface area contributed by atoms with Gasteiger partial charge in [-0.2, -0.15) is 0 Å². The summed E-state index contributed by atoms with van der Waals surface area (Å²) in [6.07, 6.45) is 0. The molecule has 0 aliphatic heterocycles. The van der Waals surface area contributed by atoms with Crippen molar-refractivity contribution in [2.45, 2.75) is 13.8 Å². The molecule has 0 fully saturated rings. The number of aryl methyl sites for hydroxylation is 2. The van der Waals surface area contributed by atoms with Crippen molar-refractivity contribution in [2.24, 2.45) is 0 Å². The van der Waals surface area contributed by atoms with E-state index < -0.39 is 0 Å². The fraction of sp³-hybridized carbons (Fsp3) is 0.316. The van der Waals surface area contributed by atoms with Crippen LogP contribution in [0.2, 0.25) is 0 Å². The minimum Gasteiger partial charge on any atom is -0.492 e. The molecule has 0 atom stereocenters. The Morgan fingerprint density at radius 2 is 1.92 bits per heavy atom. The van der Waals surface area contributed by atoms with Crippen LogP contribution >= 0.6 is 15.9 Å². The van der Waals surface area contributed by atoms with Gasteiger partial charge in [0.25, 0.3) is 0 Å². The first-order valence-electron chi connectivity index (χ1n) is 7.88. The molecular weight excluding hydrogens is 368 g/mol. The lowest BCUT2D eigenvalue weighted by molar-refractivity contribution is -0.117. The summed E-state index contributed by atoms with van der Waals surface area (Å²) in [6.45, 7) is 5.55. The topological polar surface area (TPSA) is 41.6 Å². The Bertz CT molecular complexity index is 704. The third-order valence-corrected chi connectivity index (χ3v) is 4.19. The van der Waals surface area contributed by atoms with Gasteiger partial charge in [0.05, 0.1) is 6.54 Å². The van der Waals surface area contributed by atoms with E-state index in [9.17, 15) is 4.79 Å². The van der Waals surface area contributed by atoms with Gasteiger partial charge in [-0.25, -0.2) is 0 Å². The molecule has 0 aliphatic rings. The lowest BCUT2D eigenvalue weighted by Gasteiger charge is -2.17. The van der Waals surface area contributed by atoms with Gasteiger partial charge in [0.1, 0.15) is 12.4 Å². The van der Waals surface area contributed by atoms with Crippen LogP contribution in [-0.4, -0.2) is 37.6 Å². The zero-order valence-corrected chi connectivity index (χ0v) is 15.9. The van der Waals surface area contributed by atoms with Crippen LogP contribution in [0, 0.1) is 13.8 Å². The second-order valence-electron chi connectivity index (χ2n) is 5.86. The van der Waals surface area contributed by atoms with E-state index in [-0.39, 0.29) is 5.91 Å². The molecule has 24 heavy (non-hydrogen) atoms. The Morgan fingerprint density at radius 3 is 2.62 bits per heavy atom. The monoisotopic (exact) mass is 390 g/mol. The van der Waals surface area contributed by atoms with Gasteiger partial charge < -0.3 is 10.1 Å². The summed E-state index contributed by atoms with van der Waals surface area (Å²) in [6, 6.07) is 13.7. The molecule has 1 amide bonds. The van der Waals surface area contributed by atoms with Gasteiger partial charge in [0.2, 0.25) is 5.91 Å². The maximum atomic E-state index is 12.1. The normalized spacial score (nSPS) is 10.7. The molecule has 0 saturated carbocycles. The number of para-hydroxylation sites is 1. The summed E-state index contributed by atoms with van der Waals surface area (Å²) < 4.78 is 6.76. The standard InChI is InChI=1S/C19H23BrN2O2/c1-14-6-4-5-7-18(14)24-11-10-22(3)13-19(23)21-17-9-8-16(20)12-15(17)2/h4-9,12H,10-11,13H2,1-3H3,(H,21,23). The molecule has 2 rings (SSSR count). The predicted octanol–water partition coefficient (Wildman–Crippen LogP) is 4.02. The highest BCUT2D eigenvalue weighted by molar-refractivity contribution is 9.10. The minimum atomic E-state index is -0.0289. The molecule has 1 N–H and O–H groups in total. The van der Waals surface area contributed by atoms with Crippen molar-refractivity contribution >= 4 is 27.5 Å². The van der Waals surface area contributed by atoms with Crippen molar-refractivity contribution in [1.29, 1.82) is 0 Å². The van der Waals surface area contributed by atoms with Crippen LogP contribution in [0.25, 0.3) is 0 Å². The molecule has 5 heteroatoms. The maximum absolute atomic E-state index is 12.1. The Labute approximate surface area is 151 Å². The van der Waals surface area contributed by atoms with Crippen molar-refractivity contribution in [3.05, 3.63) is 58.1 Å². The van der Waals surface area contributed by atoms with E-state index in [4.69, 9.17) is 4.74 Å². The average Bonchev–Trinajstić information content (AvgIpc) is 2.52. The van der Waals surface area contributed by atoms with E-state index in [1.165, 1.54) is 0 Å². The second kappa shape index (κ2) is 8.85. The second-order valence-corrected chi connectivity index (χ2v) is 6.77. The molecule has 0 aliphatic carbocycles. The molecule has 128 valence electrons. The number of anilines is 1. The van der Waals surface area contributed by atoms with E-state index in [0.29, 0.717) is 19.7 Å². The molecule has 0 bridgehead atoms. The lowest BCUT2D eigenvalue weighted by atomic mass is 10.2. The summed E-state index contributed by atoms with van der Waals surface area (Å²) in [4.78, 5) is 14.1. The number of nitrogens with one attached hydrogen (secondary N) is 1. The number of likely N-dealkylation sites (N-methyl/N-ethyl adjacent to an activating group) is 1.